The number of nitrogens with zero attached hydrogens (tertiary/aromatic N) is 1. The average Bonchev–Trinajstić information content (AvgIpc) is 2.69. The van der Waals surface area contributed by atoms with Crippen molar-refractivity contribution in [2.45, 2.75) is 0 Å². The Morgan fingerprint density at radius 1 is 1.33 bits per heavy atom. The van der Waals surface area contributed by atoms with Gasteiger partial charge < -0.3 is 0 Å². The summed E-state index contributed by atoms with van der Waals surface area (Å²) in [6.07, 6.45) is 1.36. The molecule has 1 heterocycles. The summed E-state index contributed by atoms with van der Waals surface area (Å²) in [5, 5.41) is 0. The summed E-state index contributed by atoms with van der Waals surface area (Å²) in [5.41, 5.74) is 1.34. The van der Waals surface area contributed by atoms with Gasteiger partial charge in [-0.1, -0.05) is 0 Å². The van der Waals surface area contributed by atoms with E-state index in [9.17, 15) is 13.6 Å². The summed E-state index contributed by atoms with van der Waals surface area (Å²) >= 11 is 1.12. The zero-order chi connectivity index (χ0) is 10.8. The van der Waals surface area contributed by atoms with Crippen LogP contribution in [0, 0.1) is 11.6 Å². The highest BCUT2D eigenvalue weighted by Gasteiger charge is 2.15. The Morgan fingerprint density at radius 3 is 2.73 bits per heavy atom. The fraction of sp³-hybridized carbons (Fsp3) is 0. The van der Waals surface area contributed by atoms with Crippen LogP contribution in [0.15, 0.2) is 29.9 Å². The largest absolute Gasteiger partial charge is 0.288 e. The Kier molecular flexibility index (Phi) is 2.55. The van der Waals surface area contributed by atoms with Crippen LogP contribution >= 0.6 is 11.3 Å². The number of ketones is 1. The van der Waals surface area contributed by atoms with Gasteiger partial charge in [0.2, 0.25) is 5.78 Å². The van der Waals surface area contributed by atoms with Gasteiger partial charge in [-0.05, 0) is 12.1 Å². The predicted octanol–water partition coefficient (Wildman–Crippen LogP) is 2.65. The van der Waals surface area contributed by atoms with Gasteiger partial charge in [0, 0.05) is 12.3 Å². The van der Waals surface area contributed by atoms with Crippen LogP contribution < -0.4 is 0 Å². The molecule has 0 aliphatic heterocycles. The van der Waals surface area contributed by atoms with Gasteiger partial charge in [-0.2, -0.15) is 0 Å². The van der Waals surface area contributed by atoms with Gasteiger partial charge in [0.05, 0.1) is 16.0 Å². The standard InChI is InChI=1S/C10H5F2NOS/c11-6-1-2-7(8(12)3-6)10(14)9-4-13-5-15-9/h1-5H. The number of benzene rings is 1. The fourth-order valence-corrected chi connectivity index (χ4v) is 1.71. The number of thiazole rings is 1. The summed E-state index contributed by atoms with van der Waals surface area (Å²) in [6, 6.07) is 2.87. The molecule has 2 aromatic rings. The molecule has 5 heteroatoms. The highest BCUT2D eigenvalue weighted by molar-refractivity contribution is 7.11. The molecule has 0 radical (unpaired) electrons. The van der Waals surface area contributed by atoms with E-state index < -0.39 is 17.4 Å². The van der Waals surface area contributed by atoms with Crippen molar-refractivity contribution in [1.29, 1.82) is 0 Å². The number of halogens is 2. The Labute approximate surface area is 88.2 Å². The minimum atomic E-state index is -0.853. The van der Waals surface area contributed by atoms with E-state index in [4.69, 9.17) is 0 Å². The lowest BCUT2D eigenvalue weighted by Crippen LogP contribution is -2.02. The maximum absolute atomic E-state index is 13.2. The molecule has 0 aliphatic carbocycles. The first kappa shape index (κ1) is 9.92. The second-order valence-corrected chi connectivity index (χ2v) is 3.71. The van der Waals surface area contributed by atoms with E-state index in [0.717, 1.165) is 23.5 Å². The molecule has 0 saturated carbocycles. The van der Waals surface area contributed by atoms with Gasteiger partial charge >= 0.3 is 0 Å². The molecular formula is C10H5F2NOS. The molecule has 0 fully saturated rings. The van der Waals surface area contributed by atoms with Crippen molar-refractivity contribution < 1.29 is 13.6 Å². The predicted molar refractivity (Wildman–Crippen MR) is 51.9 cm³/mol. The maximum atomic E-state index is 13.2. The number of carbonyl (C=O) groups excluding carboxylic acids is 1. The van der Waals surface area contributed by atoms with Crippen LogP contribution in [0.2, 0.25) is 0 Å². The van der Waals surface area contributed by atoms with Crippen LogP contribution in [0.1, 0.15) is 15.2 Å². The third-order valence-corrected chi connectivity index (χ3v) is 2.60. The van der Waals surface area contributed by atoms with Crippen molar-refractivity contribution in [3.63, 3.8) is 0 Å². The van der Waals surface area contributed by atoms with Crippen molar-refractivity contribution in [1.82, 2.24) is 4.98 Å². The molecular weight excluding hydrogens is 220 g/mol. The van der Waals surface area contributed by atoms with Crippen molar-refractivity contribution in [2.75, 3.05) is 0 Å². The van der Waals surface area contributed by atoms with Gasteiger partial charge in [-0.15, -0.1) is 11.3 Å². The first-order valence-corrected chi connectivity index (χ1v) is 4.94. The summed E-state index contributed by atoms with van der Waals surface area (Å²) < 4.78 is 25.8. The molecule has 1 aromatic carbocycles. The quantitative estimate of drug-likeness (QED) is 0.735. The Morgan fingerprint density at radius 2 is 2.13 bits per heavy atom. The minimum absolute atomic E-state index is 0.138. The summed E-state index contributed by atoms with van der Waals surface area (Å²) in [4.78, 5) is 15.7. The molecule has 15 heavy (non-hydrogen) atoms. The lowest BCUT2D eigenvalue weighted by Gasteiger charge is -1.99. The van der Waals surface area contributed by atoms with Crippen LogP contribution in [0.5, 0.6) is 0 Å². The van der Waals surface area contributed by atoms with Gasteiger partial charge in [-0.25, -0.2) is 8.78 Å². The van der Waals surface area contributed by atoms with Crippen LogP contribution in [-0.2, 0) is 0 Å². The molecule has 2 nitrogen and oxygen atoms in total. The molecule has 0 saturated heterocycles. The molecule has 0 spiro atoms. The van der Waals surface area contributed by atoms with E-state index >= 15 is 0 Å². The van der Waals surface area contributed by atoms with Crippen LogP contribution in [0.3, 0.4) is 0 Å². The van der Waals surface area contributed by atoms with E-state index in [2.05, 4.69) is 4.98 Å². The van der Waals surface area contributed by atoms with Gasteiger partial charge in [-0.3, -0.25) is 9.78 Å². The van der Waals surface area contributed by atoms with E-state index in [1.165, 1.54) is 11.7 Å². The Bertz CT molecular complexity index is 496. The number of carbonyl (C=O) groups is 1. The van der Waals surface area contributed by atoms with Gasteiger partial charge in [0.25, 0.3) is 0 Å². The number of rotatable bonds is 2. The lowest BCUT2D eigenvalue weighted by atomic mass is 10.1. The second kappa shape index (κ2) is 3.86. The van der Waals surface area contributed by atoms with E-state index in [-0.39, 0.29) is 5.56 Å². The van der Waals surface area contributed by atoms with Crippen LogP contribution in [-0.4, -0.2) is 10.8 Å². The summed E-state index contributed by atoms with van der Waals surface area (Å²) in [6.45, 7) is 0. The zero-order valence-corrected chi connectivity index (χ0v) is 8.22. The third-order valence-electron chi connectivity index (χ3n) is 1.83. The van der Waals surface area contributed by atoms with Crippen molar-refractivity contribution in [3.8, 4) is 0 Å². The molecule has 2 rings (SSSR count). The Balaban J connectivity index is 2.42. The van der Waals surface area contributed by atoms with E-state index in [1.807, 2.05) is 0 Å². The van der Waals surface area contributed by atoms with Crippen LogP contribution in [0.4, 0.5) is 8.78 Å². The molecule has 0 atom stereocenters. The zero-order valence-electron chi connectivity index (χ0n) is 7.41. The molecule has 1 aromatic heterocycles. The number of hydrogen-bond donors (Lipinski definition) is 0. The normalized spacial score (nSPS) is 10.3. The molecule has 0 amide bonds. The topological polar surface area (TPSA) is 30.0 Å². The first-order chi connectivity index (χ1) is 7.18. The minimum Gasteiger partial charge on any atom is -0.288 e. The summed E-state index contributed by atoms with van der Waals surface area (Å²) in [7, 11) is 0. The second-order valence-electron chi connectivity index (χ2n) is 2.82. The van der Waals surface area contributed by atoms with Crippen LogP contribution in [0.25, 0.3) is 0 Å². The first-order valence-electron chi connectivity index (χ1n) is 4.07. The lowest BCUT2D eigenvalue weighted by molar-refractivity contribution is 0.103. The van der Waals surface area contributed by atoms with Crippen molar-refractivity contribution in [2.24, 2.45) is 0 Å². The highest BCUT2D eigenvalue weighted by Crippen LogP contribution is 2.16. The van der Waals surface area contributed by atoms with Crippen molar-refractivity contribution >= 4 is 17.1 Å². The molecule has 0 aliphatic rings. The van der Waals surface area contributed by atoms with E-state index in [0.29, 0.717) is 10.9 Å². The SMILES string of the molecule is O=C(c1cncs1)c1ccc(F)cc1F. The third kappa shape index (κ3) is 1.92. The van der Waals surface area contributed by atoms with Gasteiger partial charge in [0.1, 0.15) is 11.6 Å². The monoisotopic (exact) mass is 225 g/mol. The average molecular weight is 225 g/mol. The van der Waals surface area contributed by atoms with Crippen molar-refractivity contribution in [3.05, 3.63) is 52.0 Å². The maximum Gasteiger partial charge on any atom is 0.207 e. The molecule has 0 N–H and O–H groups in total. The fourth-order valence-electron chi connectivity index (χ4n) is 1.13. The molecule has 0 bridgehead atoms. The van der Waals surface area contributed by atoms with E-state index in [1.54, 1.807) is 0 Å². The van der Waals surface area contributed by atoms with Gasteiger partial charge in [0.15, 0.2) is 0 Å². The number of hydrogen-bond acceptors (Lipinski definition) is 3. The number of aromatic nitrogens is 1. The Hall–Kier alpha value is -1.62. The molecule has 76 valence electrons. The summed E-state index contributed by atoms with van der Waals surface area (Å²) in [5.74, 6) is -2.03. The smallest absolute Gasteiger partial charge is 0.207 e. The molecule has 0 unspecified atom stereocenters. The highest BCUT2D eigenvalue weighted by atomic mass is 32.1.